The zero-order valence-electron chi connectivity index (χ0n) is 20.4. The van der Waals surface area contributed by atoms with E-state index in [0.717, 1.165) is 4.90 Å². The number of rotatable bonds is 8. The van der Waals surface area contributed by atoms with Crippen LogP contribution < -0.4 is 20.3 Å². The lowest BCUT2D eigenvalue weighted by Gasteiger charge is -2.15. The van der Waals surface area contributed by atoms with Crippen LogP contribution >= 0.6 is 11.8 Å². The van der Waals surface area contributed by atoms with E-state index in [2.05, 4.69) is 10.6 Å². The minimum absolute atomic E-state index is 0.215. The molecule has 1 aliphatic rings. The average Bonchev–Trinajstić information content (AvgIpc) is 3.19. The zero-order chi connectivity index (χ0) is 26.5. The van der Waals surface area contributed by atoms with E-state index in [1.807, 2.05) is 36.4 Å². The smallest absolute Gasteiger partial charge is 0.283 e. The van der Waals surface area contributed by atoms with Crippen molar-refractivity contribution in [1.29, 1.82) is 0 Å². The van der Waals surface area contributed by atoms with Crippen LogP contribution in [0.5, 0.6) is 5.75 Å². The van der Waals surface area contributed by atoms with Crippen LogP contribution in [0.25, 0.3) is 0 Å². The van der Waals surface area contributed by atoms with Crippen molar-refractivity contribution in [2.45, 2.75) is 4.90 Å². The van der Waals surface area contributed by atoms with E-state index in [9.17, 15) is 14.4 Å². The Morgan fingerprint density at radius 1 is 0.737 bits per heavy atom. The van der Waals surface area contributed by atoms with Gasteiger partial charge in [-0.25, -0.2) is 4.90 Å². The van der Waals surface area contributed by atoms with E-state index >= 15 is 0 Å². The maximum Gasteiger partial charge on any atom is 0.283 e. The summed E-state index contributed by atoms with van der Waals surface area (Å²) in [6.45, 7) is 0. The summed E-state index contributed by atoms with van der Waals surface area (Å²) < 4.78 is 5.13. The normalized spacial score (nSPS) is 13.0. The summed E-state index contributed by atoms with van der Waals surface area (Å²) in [5, 5.41) is 6.00. The molecule has 0 radical (unpaired) electrons. The van der Waals surface area contributed by atoms with E-state index in [4.69, 9.17) is 4.74 Å². The molecule has 0 unspecified atom stereocenters. The molecule has 3 amide bonds. The third-order valence-corrected chi connectivity index (χ3v) is 6.87. The Morgan fingerprint density at radius 3 is 2.00 bits per heavy atom. The van der Waals surface area contributed by atoms with Crippen LogP contribution in [-0.4, -0.2) is 24.8 Å². The van der Waals surface area contributed by atoms with Crippen molar-refractivity contribution in [2.24, 2.45) is 0 Å². The van der Waals surface area contributed by atoms with Gasteiger partial charge in [0.15, 0.2) is 0 Å². The highest BCUT2D eigenvalue weighted by Gasteiger charge is 2.40. The fourth-order valence-corrected chi connectivity index (χ4v) is 4.79. The van der Waals surface area contributed by atoms with Gasteiger partial charge in [-0.1, -0.05) is 48.2 Å². The molecule has 0 aromatic heterocycles. The predicted molar refractivity (Wildman–Crippen MR) is 149 cm³/mol. The predicted octanol–water partition coefficient (Wildman–Crippen LogP) is 5.94. The highest BCUT2D eigenvalue weighted by molar-refractivity contribution is 8.04. The molecule has 0 atom stereocenters. The van der Waals surface area contributed by atoms with E-state index in [-0.39, 0.29) is 16.5 Å². The largest absolute Gasteiger partial charge is 0.497 e. The van der Waals surface area contributed by atoms with Gasteiger partial charge in [-0.15, -0.1) is 0 Å². The molecule has 7 nitrogen and oxygen atoms in total. The summed E-state index contributed by atoms with van der Waals surface area (Å²) in [6.07, 6.45) is 0. The van der Waals surface area contributed by atoms with Gasteiger partial charge in [-0.3, -0.25) is 14.4 Å². The van der Waals surface area contributed by atoms with Crippen LogP contribution in [-0.2, 0) is 9.59 Å². The summed E-state index contributed by atoms with van der Waals surface area (Å²) in [7, 11) is 1.57. The molecule has 188 valence electrons. The van der Waals surface area contributed by atoms with Gasteiger partial charge < -0.3 is 15.4 Å². The van der Waals surface area contributed by atoms with Crippen molar-refractivity contribution in [1.82, 2.24) is 0 Å². The number of benzene rings is 4. The number of thioether (sulfide) groups is 1. The van der Waals surface area contributed by atoms with Crippen molar-refractivity contribution in [3.63, 3.8) is 0 Å². The van der Waals surface area contributed by atoms with Gasteiger partial charge in [0, 0.05) is 21.8 Å². The number of carbonyl (C=O) groups excluding carboxylic acids is 3. The first-order valence-electron chi connectivity index (χ1n) is 11.8. The number of ether oxygens (including phenoxy) is 1. The van der Waals surface area contributed by atoms with Crippen molar-refractivity contribution in [3.05, 3.63) is 125 Å². The van der Waals surface area contributed by atoms with Crippen LogP contribution in [0.4, 0.5) is 17.1 Å². The van der Waals surface area contributed by atoms with Gasteiger partial charge in [-0.05, 0) is 72.8 Å². The van der Waals surface area contributed by atoms with Gasteiger partial charge in [0.2, 0.25) is 0 Å². The molecule has 0 aliphatic carbocycles. The molecule has 8 heteroatoms. The molecule has 0 fully saturated rings. The summed E-state index contributed by atoms with van der Waals surface area (Å²) in [5.74, 6) is -0.401. The molecular weight excluding hydrogens is 498 g/mol. The lowest BCUT2D eigenvalue weighted by atomic mass is 10.2. The minimum atomic E-state index is -0.420. The molecule has 1 heterocycles. The summed E-state index contributed by atoms with van der Waals surface area (Å²) in [5.41, 5.74) is 2.52. The average molecular weight is 522 g/mol. The number of imide groups is 1. The monoisotopic (exact) mass is 521 g/mol. The number of hydrogen-bond donors (Lipinski definition) is 2. The molecule has 0 spiro atoms. The van der Waals surface area contributed by atoms with Gasteiger partial charge in [0.1, 0.15) is 16.4 Å². The number of para-hydroxylation sites is 2. The topological polar surface area (TPSA) is 87.7 Å². The molecule has 5 rings (SSSR count). The third kappa shape index (κ3) is 5.30. The highest BCUT2D eigenvalue weighted by Crippen LogP contribution is 2.38. The van der Waals surface area contributed by atoms with E-state index in [0.29, 0.717) is 28.4 Å². The van der Waals surface area contributed by atoms with Crippen molar-refractivity contribution >= 4 is 46.5 Å². The Hall–Kier alpha value is -4.82. The maximum atomic E-state index is 13.5. The quantitative estimate of drug-likeness (QED) is 0.279. The molecule has 0 bridgehead atoms. The second kappa shape index (κ2) is 11.1. The third-order valence-electron chi connectivity index (χ3n) is 5.78. The molecular formula is C30H23N3O4S. The maximum absolute atomic E-state index is 13.5. The summed E-state index contributed by atoms with van der Waals surface area (Å²) >= 11 is 1.20. The Kier molecular flexibility index (Phi) is 7.24. The number of anilines is 3. The SMILES string of the molecule is COc1ccc(C(=O)Nc2ccc(SC3=C(Nc4ccccc4)C(=O)N(c4ccccc4)C3=O)cc2)cc1. The lowest BCUT2D eigenvalue weighted by molar-refractivity contribution is -0.120. The fraction of sp³-hybridized carbons (Fsp3) is 0.0333. The molecule has 4 aromatic rings. The van der Waals surface area contributed by atoms with Crippen molar-refractivity contribution in [3.8, 4) is 5.75 Å². The minimum Gasteiger partial charge on any atom is -0.497 e. The standard InChI is InChI=1S/C30H23N3O4S/c1-37-24-16-12-20(13-17-24)28(34)32-22-14-18-25(19-15-22)38-27-26(31-21-8-4-2-5-9-21)29(35)33(30(27)36)23-10-6-3-7-11-23/h2-19,31H,1H3,(H,32,34). The number of methoxy groups -OCH3 is 1. The molecule has 4 aromatic carbocycles. The van der Waals surface area contributed by atoms with Gasteiger partial charge >= 0.3 is 0 Å². The lowest BCUT2D eigenvalue weighted by Crippen LogP contribution is -2.32. The molecule has 2 N–H and O–H groups in total. The van der Waals surface area contributed by atoms with Gasteiger partial charge in [0.25, 0.3) is 17.7 Å². The summed E-state index contributed by atoms with van der Waals surface area (Å²) in [4.78, 5) is 41.6. The van der Waals surface area contributed by atoms with E-state index in [1.54, 1.807) is 79.9 Å². The Morgan fingerprint density at radius 2 is 1.37 bits per heavy atom. The number of hydrogen-bond acceptors (Lipinski definition) is 6. The Bertz CT molecular complexity index is 1500. The molecule has 0 saturated carbocycles. The van der Waals surface area contributed by atoms with Crippen LogP contribution in [0.3, 0.4) is 0 Å². The number of carbonyl (C=O) groups is 3. The van der Waals surface area contributed by atoms with Crippen LogP contribution in [0, 0.1) is 0 Å². The first kappa shape index (κ1) is 24.9. The van der Waals surface area contributed by atoms with Crippen LogP contribution in [0.15, 0.2) is 125 Å². The van der Waals surface area contributed by atoms with E-state index < -0.39 is 11.8 Å². The van der Waals surface area contributed by atoms with Gasteiger partial charge in [-0.2, -0.15) is 0 Å². The second-order valence-electron chi connectivity index (χ2n) is 8.29. The number of nitrogens with zero attached hydrogens (tertiary/aromatic N) is 1. The molecule has 0 saturated heterocycles. The van der Waals surface area contributed by atoms with Crippen LogP contribution in [0.1, 0.15) is 10.4 Å². The Labute approximate surface area is 224 Å². The first-order chi connectivity index (χ1) is 18.5. The van der Waals surface area contributed by atoms with Crippen molar-refractivity contribution in [2.75, 3.05) is 22.6 Å². The highest BCUT2D eigenvalue weighted by atomic mass is 32.2. The summed E-state index contributed by atoms with van der Waals surface area (Å²) in [6, 6.07) is 32.0. The van der Waals surface area contributed by atoms with Crippen molar-refractivity contribution < 1.29 is 19.1 Å². The molecule has 38 heavy (non-hydrogen) atoms. The molecule has 1 aliphatic heterocycles. The van der Waals surface area contributed by atoms with E-state index in [1.165, 1.54) is 16.7 Å². The second-order valence-corrected chi connectivity index (χ2v) is 9.37. The Balaban J connectivity index is 1.37. The zero-order valence-corrected chi connectivity index (χ0v) is 21.2. The van der Waals surface area contributed by atoms with Gasteiger partial charge in [0.05, 0.1) is 12.8 Å². The van der Waals surface area contributed by atoms with Crippen LogP contribution in [0.2, 0.25) is 0 Å². The number of nitrogens with one attached hydrogen (secondary N) is 2. The fourth-order valence-electron chi connectivity index (χ4n) is 3.86. The first-order valence-corrected chi connectivity index (χ1v) is 12.6. The number of amides is 3.